The Kier molecular flexibility index (Phi) is 4.82. The summed E-state index contributed by atoms with van der Waals surface area (Å²) in [6.45, 7) is 5.72. The van der Waals surface area contributed by atoms with Gasteiger partial charge in [-0.15, -0.1) is 11.8 Å². The summed E-state index contributed by atoms with van der Waals surface area (Å²) in [7, 11) is 0. The Balaban J connectivity index is 2.82. The summed E-state index contributed by atoms with van der Waals surface area (Å²) in [5, 5.41) is 8.97. The summed E-state index contributed by atoms with van der Waals surface area (Å²) in [6.07, 6.45) is 0.806. The molecule has 0 aromatic carbocycles. The number of thioether (sulfide) groups is 1. The van der Waals surface area contributed by atoms with E-state index >= 15 is 0 Å². The van der Waals surface area contributed by atoms with Crippen LogP contribution in [0.4, 0.5) is 0 Å². The molecular formula is C11H20N2O3S. The van der Waals surface area contributed by atoms with Crippen molar-refractivity contribution in [3.63, 3.8) is 0 Å². The smallest absolute Gasteiger partial charge is 0.327 e. The van der Waals surface area contributed by atoms with Crippen LogP contribution in [0.2, 0.25) is 0 Å². The first kappa shape index (κ1) is 14.3. The molecule has 1 fully saturated rings. The molecule has 0 aliphatic carbocycles. The molecule has 1 aliphatic heterocycles. The molecule has 0 spiro atoms. The number of rotatable bonds is 4. The van der Waals surface area contributed by atoms with Crippen LogP contribution in [0.1, 0.15) is 27.2 Å². The summed E-state index contributed by atoms with van der Waals surface area (Å²) < 4.78 is 0. The van der Waals surface area contributed by atoms with Gasteiger partial charge in [0.25, 0.3) is 0 Å². The fourth-order valence-corrected chi connectivity index (χ4v) is 3.01. The predicted molar refractivity (Wildman–Crippen MR) is 67.6 cm³/mol. The van der Waals surface area contributed by atoms with Gasteiger partial charge in [0.15, 0.2) is 0 Å². The third kappa shape index (κ3) is 2.93. The highest BCUT2D eigenvalue weighted by Gasteiger charge is 2.41. The van der Waals surface area contributed by atoms with Gasteiger partial charge in [-0.3, -0.25) is 4.79 Å². The molecule has 4 atom stereocenters. The van der Waals surface area contributed by atoms with Crippen molar-refractivity contribution >= 4 is 23.6 Å². The first-order valence-corrected chi connectivity index (χ1v) is 6.87. The van der Waals surface area contributed by atoms with E-state index in [0.717, 1.165) is 6.42 Å². The monoisotopic (exact) mass is 260 g/mol. The Morgan fingerprint density at radius 1 is 1.59 bits per heavy atom. The van der Waals surface area contributed by atoms with Crippen molar-refractivity contribution in [2.24, 2.45) is 11.7 Å². The van der Waals surface area contributed by atoms with Crippen LogP contribution in [-0.2, 0) is 9.59 Å². The number of amides is 1. The molecule has 5 nitrogen and oxygen atoms in total. The van der Waals surface area contributed by atoms with Crippen molar-refractivity contribution in [3.8, 4) is 0 Å². The van der Waals surface area contributed by atoms with E-state index in [9.17, 15) is 9.59 Å². The second-order valence-corrected chi connectivity index (χ2v) is 5.79. The topological polar surface area (TPSA) is 83.6 Å². The first-order valence-electron chi connectivity index (χ1n) is 5.82. The lowest BCUT2D eigenvalue weighted by Crippen LogP contribution is -2.53. The van der Waals surface area contributed by atoms with E-state index in [2.05, 4.69) is 0 Å². The molecule has 1 rings (SSSR count). The second-order valence-electron chi connectivity index (χ2n) is 4.44. The standard InChI is InChI=1S/C11H20N2O3S/c1-4-6(2)9(12)10(14)13-7(3)17-5-8(13)11(15)16/h6-9H,4-5,12H2,1-3H3,(H,15,16). The lowest BCUT2D eigenvalue weighted by molar-refractivity contribution is -0.149. The average molecular weight is 260 g/mol. The van der Waals surface area contributed by atoms with Gasteiger partial charge in [0.1, 0.15) is 6.04 Å². The number of aliphatic carboxylic acids is 1. The molecule has 0 aromatic heterocycles. The minimum atomic E-state index is -0.952. The molecule has 0 bridgehead atoms. The van der Waals surface area contributed by atoms with Crippen LogP contribution in [0.5, 0.6) is 0 Å². The van der Waals surface area contributed by atoms with E-state index in [1.165, 1.54) is 16.7 Å². The van der Waals surface area contributed by atoms with Crippen LogP contribution in [-0.4, -0.2) is 45.1 Å². The highest BCUT2D eigenvalue weighted by molar-refractivity contribution is 8.00. The predicted octanol–water partition coefficient (Wildman–Crippen LogP) is 0.734. The third-order valence-electron chi connectivity index (χ3n) is 3.30. The molecule has 1 amide bonds. The molecular weight excluding hydrogens is 240 g/mol. The van der Waals surface area contributed by atoms with Gasteiger partial charge in [-0.2, -0.15) is 0 Å². The van der Waals surface area contributed by atoms with Gasteiger partial charge >= 0.3 is 5.97 Å². The van der Waals surface area contributed by atoms with E-state index in [1.807, 2.05) is 20.8 Å². The summed E-state index contributed by atoms with van der Waals surface area (Å²) in [5.41, 5.74) is 5.88. The lowest BCUT2D eigenvalue weighted by Gasteiger charge is -2.29. The van der Waals surface area contributed by atoms with Gasteiger partial charge in [-0.05, 0) is 12.8 Å². The molecule has 0 saturated carbocycles. The number of carboxylic acid groups (broad SMARTS) is 1. The highest BCUT2D eigenvalue weighted by Crippen LogP contribution is 2.30. The third-order valence-corrected chi connectivity index (χ3v) is 4.52. The highest BCUT2D eigenvalue weighted by atomic mass is 32.2. The van der Waals surface area contributed by atoms with Gasteiger partial charge in [-0.25, -0.2) is 4.79 Å². The molecule has 3 N–H and O–H groups in total. The normalized spacial score (nSPS) is 27.9. The van der Waals surface area contributed by atoms with Crippen molar-refractivity contribution in [2.75, 3.05) is 5.75 Å². The number of hydrogen-bond donors (Lipinski definition) is 2. The average Bonchev–Trinajstić information content (AvgIpc) is 2.68. The quantitative estimate of drug-likeness (QED) is 0.778. The number of nitrogens with two attached hydrogens (primary N) is 1. The van der Waals surface area contributed by atoms with E-state index < -0.39 is 18.1 Å². The number of carbonyl (C=O) groups excluding carboxylic acids is 1. The molecule has 17 heavy (non-hydrogen) atoms. The zero-order chi connectivity index (χ0) is 13.2. The molecule has 1 aliphatic rings. The molecule has 1 saturated heterocycles. The first-order chi connectivity index (χ1) is 7.90. The Labute approximate surface area is 106 Å². The molecule has 0 radical (unpaired) electrons. The lowest BCUT2D eigenvalue weighted by atomic mass is 9.98. The van der Waals surface area contributed by atoms with E-state index in [0.29, 0.717) is 5.75 Å². The Hall–Kier alpha value is -0.750. The van der Waals surface area contributed by atoms with Crippen LogP contribution in [0.3, 0.4) is 0 Å². The maximum atomic E-state index is 12.2. The molecule has 0 aromatic rings. The largest absolute Gasteiger partial charge is 0.480 e. The van der Waals surface area contributed by atoms with Crippen LogP contribution >= 0.6 is 11.8 Å². The Morgan fingerprint density at radius 2 is 2.18 bits per heavy atom. The number of carboxylic acids is 1. The summed E-state index contributed by atoms with van der Waals surface area (Å²) in [6, 6.07) is -1.35. The number of carbonyl (C=O) groups is 2. The number of nitrogens with zero attached hydrogens (tertiary/aromatic N) is 1. The Bertz CT molecular complexity index is 311. The zero-order valence-electron chi connectivity index (χ0n) is 10.4. The second kappa shape index (κ2) is 5.73. The van der Waals surface area contributed by atoms with Gasteiger partial charge < -0.3 is 15.7 Å². The summed E-state index contributed by atoms with van der Waals surface area (Å²) >= 11 is 1.48. The van der Waals surface area contributed by atoms with Crippen LogP contribution in [0.25, 0.3) is 0 Å². The van der Waals surface area contributed by atoms with Crippen molar-refractivity contribution in [3.05, 3.63) is 0 Å². The van der Waals surface area contributed by atoms with Crippen molar-refractivity contribution < 1.29 is 14.7 Å². The van der Waals surface area contributed by atoms with Gasteiger partial charge in [0, 0.05) is 5.75 Å². The van der Waals surface area contributed by atoms with Crippen molar-refractivity contribution in [1.29, 1.82) is 0 Å². The molecule has 6 heteroatoms. The summed E-state index contributed by atoms with van der Waals surface area (Å²) in [5.74, 6) is -0.694. The fraction of sp³-hybridized carbons (Fsp3) is 0.818. The van der Waals surface area contributed by atoms with E-state index in [-0.39, 0.29) is 17.2 Å². The van der Waals surface area contributed by atoms with Gasteiger partial charge in [-0.1, -0.05) is 20.3 Å². The molecule has 98 valence electrons. The minimum Gasteiger partial charge on any atom is -0.480 e. The van der Waals surface area contributed by atoms with Gasteiger partial charge in [0.2, 0.25) is 5.91 Å². The number of hydrogen-bond acceptors (Lipinski definition) is 4. The van der Waals surface area contributed by atoms with Crippen molar-refractivity contribution in [1.82, 2.24) is 4.90 Å². The van der Waals surface area contributed by atoms with Crippen LogP contribution in [0.15, 0.2) is 0 Å². The SMILES string of the molecule is CCC(C)C(N)C(=O)N1C(C)SCC1C(=O)O. The zero-order valence-corrected chi connectivity index (χ0v) is 11.2. The van der Waals surface area contributed by atoms with Crippen molar-refractivity contribution in [2.45, 2.75) is 44.6 Å². The maximum Gasteiger partial charge on any atom is 0.327 e. The maximum absolute atomic E-state index is 12.2. The van der Waals surface area contributed by atoms with Gasteiger partial charge in [0.05, 0.1) is 11.4 Å². The summed E-state index contributed by atoms with van der Waals surface area (Å²) in [4.78, 5) is 24.7. The van der Waals surface area contributed by atoms with Crippen LogP contribution in [0, 0.1) is 5.92 Å². The Morgan fingerprint density at radius 3 is 2.65 bits per heavy atom. The molecule has 4 unspecified atom stereocenters. The van der Waals surface area contributed by atoms with Crippen LogP contribution < -0.4 is 5.73 Å². The molecule has 1 heterocycles. The van der Waals surface area contributed by atoms with E-state index in [1.54, 1.807) is 0 Å². The minimum absolute atomic E-state index is 0.0646. The fourth-order valence-electron chi connectivity index (χ4n) is 1.84. The van der Waals surface area contributed by atoms with E-state index in [4.69, 9.17) is 10.8 Å².